The topological polar surface area (TPSA) is 68.0 Å². The van der Waals surface area contributed by atoms with E-state index in [0.29, 0.717) is 11.6 Å². The third-order valence-electron chi connectivity index (χ3n) is 2.13. The third-order valence-corrected chi connectivity index (χ3v) is 3.41. The standard InChI is InChI=1S/C9H15N3O2S/c1-4-5-7(8(13)14)15-9-11-10-6(2)12(9)3/h7H,4-5H2,1-3H3,(H,13,14). The minimum Gasteiger partial charge on any atom is -0.480 e. The van der Waals surface area contributed by atoms with E-state index in [-0.39, 0.29) is 0 Å². The van der Waals surface area contributed by atoms with Gasteiger partial charge in [-0.05, 0) is 13.3 Å². The van der Waals surface area contributed by atoms with E-state index in [1.54, 1.807) is 4.57 Å². The fourth-order valence-electron chi connectivity index (χ4n) is 1.11. The molecule has 6 heteroatoms. The van der Waals surface area contributed by atoms with Crippen molar-refractivity contribution in [1.29, 1.82) is 0 Å². The van der Waals surface area contributed by atoms with E-state index in [4.69, 9.17) is 5.11 Å². The van der Waals surface area contributed by atoms with Gasteiger partial charge in [-0.3, -0.25) is 4.79 Å². The Morgan fingerprint density at radius 3 is 2.67 bits per heavy atom. The van der Waals surface area contributed by atoms with E-state index in [9.17, 15) is 4.79 Å². The molecule has 1 N–H and O–H groups in total. The molecule has 1 unspecified atom stereocenters. The van der Waals surface area contributed by atoms with Crippen molar-refractivity contribution in [3.05, 3.63) is 5.82 Å². The fourth-order valence-corrected chi connectivity index (χ4v) is 2.20. The first kappa shape index (κ1) is 12.0. The number of hydrogen-bond donors (Lipinski definition) is 1. The van der Waals surface area contributed by atoms with Gasteiger partial charge in [0.05, 0.1) is 0 Å². The van der Waals surface area contributed by atoms with Crippen LogP contribution in [0.5, 0.6) is 0 Å². The fraction of sp³-hybridized carbons (Fsp3) is 0.667. The highest BCUT2D eigenvalue weighted by atomic mass is 32.2. The Kier molecular flexibility index (Phi) is 4.14. The van der Waals surface area contributed by atoms with E-state index >= 15 is 0 Å². The van der Waals surface area contributed by atoms with Crippen LogP contribution in [0.4, 0.5) is 0 Å². The number of carboxylic acid groups (broad SMARTS) is 1. The number of nitrogens with zero attached hydrogens (tertiary/aromatic N) is 3. The largest absolute Gasteiger partial charge is 0.480 e. The zero-order valence-electron chi connectivity index (χ0n) is 9.10. The first-order chi connectivity index (χ1) is 7.06. The summed E-state index contributed by atoms with van der Waals surface area (Å²) in [7, 11) is 1.84. The zero-order valence-corrected chi connectivity index (χ0v) is 9.91. The summed E-state index contributed by atoms with van der Waals surface area (Å²) >= 11 is 1.26. The molecular formula is C9H15N3O2S. The van der Waals surface area contributed by atoms with Crippen LogP contribution in [0.3, 0.4) is 0 Å². The van der Waals surface area contributed by atoms with Crippen LogP contribution in [0.1, 0.15) is 25.6 Å². The Balaban J connectivity index is 2.74. The van der Waals surface area contributed by atoms with Gasteiger partial charge < -0.3 is 9.67 Å². The Morgan fingerprint density at radius 1 is 1.60 bits per heavy atom. The minimum absolute atomic E-state index is 0.433. The SMILES string of the molecule is CCCC(Sc1nnc(C)n1C)C(=O)O. The number of thioether (sulfide) groups is 1. The molecule has 0 bridgehead atoms. The van der Waals surface area contributed by atoms with Crippen molar-refractivity contribution < 1.29 is 9.90 Å². The second-order valence-corrected chi connectivity index (χ2v) is 4.49. The Bertz CT molecular complexity index is 351. The van der Waals surface area contributed by atoms with Crippen molar-refractivity contribution in [2.75, 3.05) is 0 Å². The molecule has 0 fully saturated rings. The molecule has 0 aliphatic carbocycles. The number of aromatic nitrogens is 3. The summed E-state index contributed by atoms with van der Waals surface area (Å²) in [4.78, 5) is 10.9. The van der Waals surface area contributed by atoms with Gasteiger partial charge >= 0.3 is 5.97 Å². The van der Waals surface area contributed by atoms with Gasteiger partial charge in [0.25, 0.3) is 0 Å². The van der Waals surface area contributed by atoms with Crippen LogP contribution >= 0.6 is 11.8 Å². The molecule has 15 heavy (non-hydrogen) atoms. The zero-order chi connectivity index (χ0) is 11.4. The molecule has 5 nitrogen and oxygen atoms in total. The van der Waals surface area contributed by atoms with Crippen LogP contribution in [-0.2, 0) is 11.8 Å². The summed E-state index contributed by atoms with van der Waals surface area (Å²) in [6, 6.07) is 0. The van der Waals surface area contributed by atoms with E-state index in [1.165, 1.54) is 11.8 Å². The lowest BCUT2D eigenvalue weighted by atomic mass is 10.2. The van der Waals surface area contributed by atoms with Gasteiger partial charge in [0.2, 0.25) is 0 Å². The summed E-state index contributed by atoms with van der Waals surface area (Å²) in [5.74, 6) is 0.000593. The minimum atomic E-state index is -0.789. The molecular weight excluding hydrogens is 214 g/mol. The van der Waals surface area contributed by atoms with E-state index < -0.39 is 11.2 Å². The molecule has 1 aromatic heterocycles. The molecule has 0 saturated heterocycles. The summed E-state index contributed by atoms with van der Waals surface area (Å²) in [5, 5.41) is 17.0. The number of carbonyl (C=O) groups is 1. The molecule has 0 radical (unpaired) electrons. The van der Waals surface area contributed by atoms with Crippen molar-refractivity contribution in [2.45, 2.75) is 37.1 Å². The van der Waals surface area contributed by atoms with Crippen molar-refractivity contribution >= 4 is 17.7 Å². The predicted octanol–water partition coefficient (Wildman–Crippen LogP) is 1.47. The van der Waals surface area contributed by atoms with Gasteiger partial charge in [0.15, 0.2) is 5.16 Å². The Morgan fingerprint density at radius 2 is 2.27 bits per heavy atom. The summed E-state index contributed by atoms with van der Waals surface area (Å²) in [5.41, 5.74) is 0. The predicted molar refractivity (Wildman–Crippen MR) is 57.9 cm³/mol. The molecule has 0 amide bonds. The molecule has 1 atom stereocenters. The van der Waals surface area contributed by atoms with Gasteiger partial charge in [-0.2, -0.15) is 0 Å². The Hall–Kier alpha value is -1.04. The second kappa shape index (κ2) is 5.16. The third kappa shape index (κ3) is 2.95. The van der Waals surface area contributed by atoms with Gasteiger partial charge in [0.1, 0.15) is 11.1 Å². The van der Waals surface area contributed by atoms with Crippen molar-refractivity contribution in [2.24, 2.45) is 7.05 Å². The van der Waals surface area contributed by atoms with Gasteiger partial charge in [-0.25, -0.2) is 0 Å². The number of aryl methyl sites for hydroxylation is 1. The van der Waals surface area contributed by atoms with Gasteiger partial charge in [-0.15, -0.1) is 10.2 Å². The molecule has 0 aliphatic heterocycles. The number of aliphatic carboxylic acids is 1. The first-order valence-electron chi connectivity index (χ1n) is 4.81. The summed E-state index contributed by atoms with van der Waals surface area (Å²) < 4.78 is 1.80. The molecule has 1 heterocycles. The highest BCUT2D eigenvalue weighted by molar-refractivity contribution is 8.00. The van der Waals surface area contributed by atoms with Crippen LogP contribution in [0.25, 0.3) is 0 Å². The number of rotatable bonds is 5. The second-order valence-electron chi connectivity index (χ2n) is 3.32. The Labute approximate surface area is 92.9 Å². The molecule has 1 aromatic rings. The maximum absolute atomic E-state index is 10.9. The van der Waals surface area contributed by atoms with Crippen LogP contribution < -0.4 is 0 Å². The lowest BCUT2D eigenvalue weighted by Crippen LogP contribution is -2.16. The maximum atomic E-state index is 10.9. The van der Waals surface area contributed by atoms with E-state index in [0.717, 1.165) is 12.2 Å². The molecule has 0 aliphatic rings. The van der Waals surface area contributed by atoms with Crippen LogP contribution in [0, 0.1) is 6.92 Å². The molecule has 0 aromatic carbocycles. The summed E-state index contributed by atoms with van der Waals surface area (Å²) in [6.45, 7) is 3.81. The van der Waals surface area contributed by atoms with Gasteiger partial charge in [0, 0.05) is 7.05 Å². The quantitative estimate of drug-likeness (QED) is 0.774. The highest BCUT2D eigenvalue weighted by Crippen LogP contribution is 2.24. The average molecular weight is 229 g/mol. The maximum Gasteiger partial charge on any atom is 0.317 e. The smallest absolute Gasteiger partial charge is 0.317 e. The van der Waals surface area contributed by atoms with E-state index in [1.807, 2.05) is 20.9 Å². The molecule has 0 spiro atoms. The normalized spacial score (nSPS) is 12.7. The first-order valence-corrected chi connectivity index (χ1v) is 5.69. The van der Waals surface area contributed by atoms with E-state index in [2.05, 4.69) is 10.2 Å². The number of hydrogen-bond acceptors (Lipinski definition) is 4. The van der Waals surface area contributed by atoms with Crippen LogP contribution in [0.15, 0.2) is 5.16 Å². The average Bonchev–Trinajstić information content (AvgIpc) is 2.48. The van der Waals surface area contributed by atoms with Crippen LogP contribution in [0.2, 0.25) is 0 Å². The molecule has 1 rings (SSSR count). The number of carboxylic acids is 1. The van der Waals surface area contributed by atoms with Crippen molar-refractivity contribution in [3.8, 4) is 0 Å². The lowest BCUT2D eigenvalue weighted by Gasteiger charge is -2.09. The molecule has 84 valence electrons. The van der Waals surface area contributed by atoms with Gasteiger partial charge in [-0.1, -0.05) is 25.1 Å². The van der Waals surface area contributed by atoms with Crippen molar-refractivity contribution in [3.63, 3.8) is 0 Å². The molecule has 0 saturated carbocycles. The van der Waals surface area contributed by atoms with Crippen LogP contribution in [-0.4, -0.2) is 31.1 Å². The monoisotopic (exact) mass is 229 g/mol. The highest BCUT2D eigenvalue weighted by Gasteiger charge is 2.20. The summed E-state index contributed by atoms with van der Waals surface area (Å²) in [6.07, 6.45) is 1.49. The lowest BCUT2D eigenvalue weighted by molar-refractivity contribution is -0.136. The van der Waals surface area contributed by atoms with Crippen molar-refractivity contribution in [1.82, 2.24) is 14.8 Å².